The zero-order valence-electron chi connectivity index (χ0n) is 17.2. The number of nitrogens with zero attached hydrogens (tertiary/aromatic N) is 1. The number of nitro benzene ring substituents is 1. The van der Waals surface area contributed by atoms with E-state index in [4.69, 9.17) is 14.2 Å². The summed E-state index contributed by atoms with van der Waals surface area (Å²) in [5.41, 5.74) is -0.510. The summed E-state index contributed by atoms with van der Waals surface area (Å²) in [7, 11) is 0. The molecule has 1 aromatic rings. The number of carbonyl (C=O) groups is 1. The van der Waals surface area contributed by atoms with E-state index >= 15 is 0 Å². The number of aliphatic hydroxyl groups is 1. The number of nitrogens with one attached hydrogen (secondary N) is 1. The van der Waals surface area contributed by atoms with Gasteiger partial charge in [-0.3, -0.25) is 10.1 Å². The van der Waals surface area contributed by atoms with Crippen LogP contribution in [0.15, 0.2) is 42.9 Å². The van der Waals surface area contributed by atoms with Crippen LogP contribution in [-0.4, -0.2) is 47.8 Å². The lowest BCUT2D eigenvalue weighted by Gasteiger charge is -2.42. The molecule has 0 saturated heterocycles. The van der Waals surface area contributed by atoms with Crippen molar-refractivity contribution in [3.05, 3.63) is 58.6 Å². The Bertz CT molecular complexity index is 792. The third-order valence-corrected chi connectivity index (χ3v) is 4.61. The number of rotatable bonds is 12. The van der Waals surface area contributed by atoms with Crippen LogP contribution in [0, 0.1) is 10.1 Å². The van der Waals surface area contributed by atoms with E-state index in [1.807, 2.05) is 0 Å². The fraction of sp³-hybridized carbons (Fsp3) is 0.476. The van der Waals surface area contributed by atoms with Crippen molar-refractivity contribution >= 4 is 12.0 Å². The summed E-state index contributed by atoms with van der Waals surface area (Å²) in [6.07, 6.45) is 3.82. The first kappa shape index (κ1) is 23.4. The van der Waals surface area contributed by atoms with Crippen LogP contribution in [0.5, 0.6) is 5.75 Å². The van der Waals surface area contributed by atoms with E-state index in [1.165, 1.54) is 24.5 Å². The molecule has 1 aromatic carbocycles. The highest BCUT2D eigenvalue weighted by molar-refractivity contribution is 5.49. The molecule has 0 bridgehead atoms. The van der Waals surface area contributed by atoms with Gasteiger partial charge in [-0.1, -0.05) is 6.08 Å². The van der Waals surface area contributed by atoms with Crippen molar-refractivity contribution in [3.63, 3.8) is 0 Å². The average molecular weight is 420 g/mol. The van der Waals surface area contributed by atoms with Crippen LogP contribution in [0.1, 0.15) is 38.3 Å². The summed E-state index contributed by atoms with van der Waals surface area (Å²) in [6.45, 7) is 7.94. The Balaban J connectivity index is 2.22. The van der Waals surface area contributed by atoms with Crippen molar-refractivity contribution in [1.29, 1.82) is 0 Å². The van der Waals surface area contributed by atoms with E-state index in [0.717, 1.165) is 6.29 Å². The quantitative estimate of drug-likeness (QED) is 0.132. The fourth-order valence-electron chi connectivity index (χ4n) is 3.00. The lowest BCUT2D eigenvalue weighted by Crippen LogP contribution is -2.52. The molecule has 164 valence electrons. The second-order valence-corrected chi connectivity index (χ2v) is 7.32. The third kappa shape index (κ3) is 6.04. The summed E-state index contributed by atoms with van der Waals surface area (Å²) in [5.74, 6) is 0.931. The zero-order chi connectivity index (χ0) is 22.1. The van der Waals surface area contributed by atoms with Crippen molar-refractivity contribution in [3.8, 4) is 5.75 Å². The molecule has 2 N–H and O–H groups in total. The molecular weight excluding hydrogens is 392 g/mol. The van der Waals surface area contributed by atoms with Gasteiger partial charge in [0.1, 0.15) is 35.8 Å². The molecule has 2 unspecified atom stereocenters. The number of nitro groups is 1. The van der Waals surface area contributed by atoms with Gasteiger partial charge in [-0.15, -0.1) is 6.58 Å². The predicted molar refractivity (Wildman–Crippen MR) is 110 cm³/mol. The summed E-state index contributed by atoms with van der Waals surface area (Å²) in [6, 6.07) is 3.67. The lowest BCUT2D eigenvalue weighted by molar-refractivity contribution is -0.385. The van der Waals surface area contributed by atoms with Gasteiger partial charge in [0, 0.05) is 24.1 Å². The lowest BCUT2D eigenvalue weighted by atomic mass is 9.86. The number of non-ortho nitro benzene ring substituents is 1. The first-order chi connectivity index (χ1) is 14.3. The zero-order valence-corrected chi connectivity index (χ0v) is 17.2. The molecule has 9 heteroatoms. The van der Waals surface area contributed by atoms with E-state index in [-0.39, 0.29) is 25.3 Å². The molecule has 0 aromatic heterocycles. The summed E-state index contributed by atoms with van der Waals surface area (Å²) in [4.78, 5) is 21.1. The highest BCUT2D eigenvalue weighted by Crippen LogP contribution is 2.41. The van der Waals surface area contributed by atoms with Gasteiger partial charge in [-0.25, -0.2) is 0 Å². The van der Waals surface area contributed by atoms with Crippen molar-refractivity contribution in [2.75, 3.05) is 19.8 Å². The predicted octanol–water partition coefficient (Wildman–Crippen LogP) is 2.80. The van der Waals surface area contributed by atoms with Gasteiger partial charge in [0.25, 0.3) is 5.69 Å². The minimum Gasteiger partial charge on any atom is -0.497 e. The Morgan fingerprint density at radius 1 is 1.40 bits per heavy atom. The first-order valence-corrected chi connectivity index (χ1v) is 9.67. The molecule has 1 heterocycles. The van der Waals surface area contributed by atoms with Crippen LogP contribution in [0.4, 0.5) is 5.69 Å². The largest absolute Gasteiger partial charge is 0.497 e. The van der Waals surface area contributed by atoms with Crippen molar-refractivity contribution in [2.45, 2.75) is 44.4 Å². The maximum atomic E-state index is 11.2. The minimum absolute atomic E-state index is 0.0914. The number of aliphatic hydroxyl groups excluding tert-OH is 1. The minimum atomic E-state index is -0.975. The van der Waals surface area contributed by atoms with Gasteiger partial charge in [-0.2, -0.15) is 0 Å². The van der Waals surface area contributed by atoms with Crippen LogP contribution in [-0.2, 0) is 14.3 Å². The van der Waals surface area contributed by atoms with E-state index in [2.05, 4.69) is 11.9 Å². The van der Waals surface area contributed by atoms with Crippen molar-refractivity contribution in [1.82, 2.24) is 5.32 Å². The SMILES string of the molecule is C=CCCO/C(=C\OCCC=O)CNC1c2cc([N+](=O)[O-])ccc2OC(C)(C)C1O. The number of aldehydes is 1. The van der Waals surface area contributed by atoms with Gasteiger partial charge >= 0.3 is 0 Å². The van der Waals surface area contributed by atoms with Crippen LogP contribution in [0.2, 0.25) is 0 Å². The van der Waals surface area contributed by atoms with Crippen LogP contribution < -0.4 is 10.1 Å². The van der Waals surface area contributed by atoms with Gasteiger partial charge < -0.3 is 29.4 Å². The molecule has 1 aliphatic heterocycles. The highest BCUT2D eigenvalue weighted by atomic mass is 16.6. The molecule has 0 saturated carbocycles. The molecule has 0 spiro atoms. The second-order valence-electron chi connectivity index (χ2n) is 7.32. The molecule has 0 amide bonds. The van der Waals surface area contributed by atoms with Gasteiger partial charge in [-0.05, 0) is 26.3 Å². The standard InChI is InChI=1S/C21H28N2O7/c1-4-5-11-29-16(14-28-10-6-9-24)13-22-19-17-12-15(23(26)27)7-8-18(17)30-21(2,3)20(19)25/h4,7-9,12,14,19-20,22,25H,1,5-6,10-11,13H2,2-3H3/b16-14-. The number of hydrogen-bond acceptors (Lipinski definition) is 8. The Hall–Kier alpha value is -2.91. The normalized spacial score (nSPS) is 19.9. The average Bonchev–Trinajstić information content (AvgIpc) is 2.70. The smallest absolute Gasteiger partial charge is 0.270 e. The fourth-order valence-corrected chi connectivity index (χ4v) is 3.00. The van der Waals surface area contributed by atoms with Gasteiger partial charge in [0.15, 0.2) is 0 Å². The molecule has 1 aliphatic rings. The number of benzene rings is 1. The number of carbonyl (C=O) groups excluding carboxylic acids is 1. The molecule has 30 heavy (non-hydrogen) atoms. The third-order valence-electron chi connectivity index (χ3n) is 4.61. The highest BCUT2D eigenvalue weighted by Gasteiger charge is 2.43. The molecule has 0 fully saturated rings. The molecule has 0 aliphatic carbocycles. The number of hydrogen-bond donors (Lipinski definition) is 2. The number of ether oxygens (including phenoxy) is 3. The van der Waals surface area contributed by atoms with Gasteiger partial charge in [0.05, 0.1) is 30.7 Å². The van der Waals surface area contributed by atoms with Crippen LogP contribution in [0.25, 0.3) is 0 Å². The summed E-state index contributed by atoms with van der Waals surface area (Å²) in [5, 5.41) is 25.2. The van der Waals surface area contributed by atoms with E-state index in [9.17, 15) is 20.0 Å². The molecule has 2 rings (SSSR count). The molecular formula is C21H28N2O7. The maximum absolute atomic E-state index is 11.2. The Kier molecular flexibility index (Phi) is 8.37. The topological polar surface area (TPSA) is 120 Å². The van der Waals surface area contributed by atoms with Gasteiger partial charge in [0.2, 0.25) is 0 Å². The van der Waals surface area contributed by atoms with Crippen molar-refractivity contribution < 1.29 is 29.0 Å². The summed E-state index contributed by atoms with van der Waals surface area (Å²) < 4.78 is 16.9. The first-order valence-electron chi connectivity index (χ1n) is 9.67. The molecule has 0 radical (unpaired) electrons. The Morgan fingerprint density at radius 2 is 2.17 bits per heavy atom. The maximum Gasteiger partial charge on any atom is 0.270 e. The molecule has 2 atom stereocenters. The van der Waals surface area contributed by atoms with E-state index in [0.29, 0.717) is 30.1 Å². The number of fused-ring (bicyclic) bond motifs is 1. The van der Waals surface area contributed by atoms with Crippen LogP contribution >= 0.6 is 0 Å². The Labute approximate surface area is 175 Å². The monoisotopic (exact) mass is 420 g/mol. The van der Waals surface area contributed by atoms with E-state index < -0.39 is 22.7 Å². The molecule has 9 nitrogen and oxygen atoms in total. The van der Waals surface area contributed by atoms with Crippen LogP contribution in [0.3, 0.4) is 0 Å². The van der Waals surface area contributed by atoms with E-state index in [1.54, 1.807) is 19.9 Å². The van der Waals surface area contributed by atoms with Crippen molar-refractivity contribution in [2.24, 2.45) is 0 Å². The summed E-state index contributed by atoms with van der Waals surface area (Å²) >= 11 is 0. The Morgan fingerprint density at radius 3 is 2.83 bits per heavy atom. The second kappa shape index (κ2) is 10.7.